The number of methoxy groups -OCH3 is 1. The molecular formula is C14H23ClN4O2. The normalized spacial score (nSPS) is 23.2. The maximum absolute atomic E-state index is 12.1. The van der Waals surface area contributed by atoms with Crippen LogP contribution in [0.5, 0.6) is 0 Å². The van der Waals surface area contributed by atoms with E-state index in [1.165, 1.54) is 4.68 Å². The van der Waals surface area contributed by atoms with Gasteiger partial charge in [0.2, 0.25) is 0 Å². The Hall–Kier alpha value is -1.11. The van der Waals surface area contributed by atoms with Crippen LogP contribution in [0.3, 0.4) is 0 Å². The van der Waals surface area contributed by atoms with Gasteiger partial charge in [-0.15, -0.1) is 0 Å². The van der Waals surface area contributed by atoms with E-state index in [1.54, 1.807) is 13.3 Å². The molecule has 21 heavy (non-hydrogen) atoms. The molecule has 1 N–H and O–H groups in total. The van der Waals surface area contributed by atoms with Gasteiger partial charge < -0.3 is 15.0 Å². The van der Waals surface area contributed by atoms with E-state index in [0.29, 0.717) is 30.8 Å². The Morgan fingerprint density at radius 3 is 3.00 bits per heavy atom. The van der Waals surface area contributed by atoms with Crippen molar-refractivity contribution in [3.63, 3.8) is 0 Å². The third kappa shape index (κ3) is 3.96. The molecule has 0 aromatic carbocycles. The topological polar surface area (TPSA) is 59.4 Å². The van der Waals surface area contributed by atoms with Crippen LogP contribution in [-0.2, 0) is 11.3 Å². The number of likely N-dealkylation sites (tertiary alicyclic amines) is 1. The van der Waals surface area contributed by atoms with E-state index in [4.69, 9.17) is 16.3 Å². The van der Waals surface area contributed by atoms with Gasteiger partial charge in [0.05, 0.1) is 25.0 Å². The molecule has 1 fully saturated rings. The summed E-state index contributed by atoms with van der Waals surface area (Å²) >= 11 is 6.19. The fraction of sp³-hybridized carbons (Fsp3) is 0.714. The van der Waals surface area contributed by atoms with Crippen molar-refractivity contribution in [2.24, 2.45) is 5.92 Å². The third-order valence-electron chi connectivity index (χ3n) is 3.94. The van der Waals surface area contributed by atoms with Gasteiger partial charge >= 0.3 is 0 Å². The molecule has 1 aromatic rings. The lowest BCUT2D eigenvalue weighted by Gasteiger charge is -2.35. The van der Waals surface area contributed by atoms with Crippen LogP contribution in [0.15, 0.2) is 11.0 Å². The Balaban J connectivity index is 2.10. The highest BCUT2D eigenvalue weighted by Crippen LogP contribution is 2.23. The number of hydrogen-bond donors (Lipinski definition) is 1. The van der Waals surface area contributed by atoms with E-state index >= 15 is 0 Å². The van der Waals surface area contributed by atoms with Crippen LogP contribution in [0.1, 0.15) is 13.3 Å². The molecule has 6 nitrogen and oxygen atoms in total. The summed E-state index contributed by atoms with van der Waals surface area (Å²) in [7, 11) is 3.71. The Kier molecular flexibility index (Phi) is 5.61. The van der Waals surface area contributed by atoms with E-state index in [0.717, 1.165) is 19.5 Å². The molecule has 0 aliphatic carbocycles. The first kappa shape index (κ1) is 16.3. The number of ether oxygens (including phenoxy) is 1. The van der Waals surface area contributed by atoms with Crippen molar-refractivity contribution in [2.45, 2.75) is 25.9 Å². The highest BCUT2D eigenvalue weighted by Gasteiger charge is 2.25. The monoisotopic (exact) mass is 314 g/mol. The number of nitrogens with one attached hydrogen (secondary N) is 1. The van der Waals surface area contributed by atoms with Crippen molar-refractivity contribution >= 4 is 17.3 Å². The number of rotatable bonds is 5. The number of aromatic nitrogens is 2. The summed E-state index contributed by atoms with van der Waals surface area (Å²) in [6.45, 7) is 5.11. The number of hydrogen-bond acceptors (Lipinski definition) is 5. The fourth-order valence-corrected chi connectivity index (χ4v) is 2.87. The largest absolute Gasteiger partial charge is 0.383 e. The Bertz CT molecular complexity index is 534. The molecule has 1 saturated heterocycles. The van der Waals surface area contributed by atoms with E-state index in [2.05, 4.69) is 29.3 Å². The van der Waals surface area contributed by atoms with E-state index in [9.17, 15) is 4.79 Å². The summed E-state index contributed by atoms with van der Waals surface area (Å²) in [5, 5.41) is 7.73. The Labute approximate surface area is 130 Å². The maximum Gasteiger partial charge on any atom is 0.287 e. The lowest BCUT2D eigenvalue weighted by Crippen LogP contribution is -2.43. The summed E-state index contributed by atoms with van der Waals surface area (Å²) < 4.78 is 6.28. The minimum Gasteiger partial charge on any atom is -0.383 e. The molecule has 1 aliphatic rings. The first-order valence-electron chi connectivity index (χ1n) is 7.22. The molecule has 2 atom stereocenters. The average Bonchev–Trinajstić information content (AvgIpc) is 2.45. The van der Waals surface area contributed by atoms with Gasteiger partial charge in [0, 0.05) is 19.7 Å². The summed E-state index contributed by atoms with van der Waals surface area (Å²) in [6, 6.07) is 0.315. The van der Waals surface area contributed by atoms with E-state index in [1.807, 2.05) is 0 Å². The smallest absolute Gasteiger partial charge is 0.287 e. The molecule has 0 saturated carbocycles. The van der Waals surface area contributed by atoms with Crippen LogP contribution in [0.25, 0.3) is 0 Å². The molecule has 2 unspecified atom stereocenters. The second-order valence-corrected chi connectivity index (χ2v) is 6.05. The van der Waals surface area contributed by atoms with Crippen molar-refractivity contribution in [3.8, 4) is 0 Å². The van der Waals surface area contributed by atoms with Gasteiger partial charge in [0.25, 0.3) is 5.56 Å². The number of anilines is 1. The van der Waals surface area contributed by atoms with Crippen LogP contribution in [-0.4, -0.2) is 54.6 Å². The second-order valence-electron chi connectivity index (χ2n) is 5.67. The quantitative estimate of drug-likeness (QED) is 0.887. The minimum atomic E-state index is -0.278. The van der Waals surface area contributed by atoms with Gasteiger partial charge in [-0.2, -0.15) is 5.10 Å². The molecule has 7 heteroatoms. The van der Waals surface area contributed by atoms with Crippen molar-refractivity contribution in [1.82, 2.24) is 14.7 Å². The second kappa shape index (κ2) is 7.24. The molecule has 2 heterocycles. The molecule has 1 aromatic heterocycles. The van der Waals surface area contributed by atoms with Gasteiger partial charge in [-0.25, -0.2) is 4.68 Å². The standard InChI is InChI=1S/C14H23ClN4O2/c1-10-9-18(2)5-4-11(10)17-12-8-16-19(6-7-21-3)14(20)13(12)15/h8,10-11,17H,4-7,9H2,1-3H3. The zero-order valence-electron chi connectivity index (χ0n) is 12.8. The molecule has 0 amide bonds. The van der Waals surface area contributed by atoms with Gasteiger partial charge in [0.15, 0.2) is 0 Å². The van der Waals surface area contributed by atoms with Crippen molar-refractivity contribution < 1.29 is 4.74 Å². The zero-order valence-corrected chi connectivity index (χ0v) is 13.6. The third-order valence-corrected chi connectivity index (χ3v) is 4.31. The summed E-state index contributed by atoms with van der Waals surface area (Å²) in [5.74, 6) is 0.496. The SMILES string of the molecule is COCCn1ncc(NC2CCN(C)CC2C)c(Cl)c1=O. The first-order valence-corrected chi connectivity index (χ1v) is 7.60. The van der Waals surface area contributed by atoms with Crippen LogP contribution < -0.4 is 10.9 Å². The highest BCUT2D eigenvalue weighted by atomic mass is 35.5. The highest BCUT2D eigenvalue weighted by molar-refractivity contribution is 6.32. The Morgan fingerprint density at radius 2 is 2.33 bits per heavy atom. The van der Waals surface area contributed by atoms with Crippen molar-refractivity contribution in [3.05, 3.63) is 21.6 Å². The average molecular weight is 315 g/mol. The maximum atomic E-state index is 12.1. The van der Waals surface area contributed by atoms with Gasteiger partial charge in [0.1, 0.15) is 5.02 Å². The predicted octanol–water partition coefficient (Wildman–Crippen LogP) is 1.30. The van der Waals surface area contributed by atoms with E-state index < -0.39 is 0 Å². The van der Waals surface area contributed by atoms with E-state index in [-0.39, 0.29) is 10.6 Å². The van der Waals surface area contributed by atoms with Crippen molar-refractivity contribution in [2.75, 3.05) is 39.2 Å². The van der Waals surface area contributed by atoms with Gasteiger partial charge in [-0.1, -0.05) is 18.5 Å². The molecular weight excluding hydrogens is 292 g/mol. The molecule has 1 aliphatic heterocycles. The molecule has 0 bridgehead atoms. The van der Waals surface area contributed by atoms with Gasteiger partial charge in [-0.05, 0) is 25.9 Å². The molecule has 118 valence electrons. The first-order chi connectivity index (χ1) is 10.0. The van der Waals surface area contributed by atoms with Gasteiger partial charge in [-0.3, -0.25) is 4.79 Å². The van der Waals surface area contributed by atoms with Crippen LogP contribution in [0.4, 0.5) is 5.69 Å². The number of piperidine rings is 1. The lowest BCUT2D eigenvalue weighted by atomic mass is 9.94. The lowest BCUT2D eigenvalue weighted by molar-refractivity contribution is 0.182. The van der Waals surface area contributed by atoms with Crippen LogP contribution in [0.2, 0.25) is 5.02 Å². The predicted molar refractivity (Wildman–Crippen MR) is 84.1 cm³/mol. The minimum absolute atomic E-state index is 0.201. The molecule has 0 spiro atoms. The fourth-order valence-electron chi connectivity index (χ4n) is 2.67. The summed E-state index contributed by atoms with van der Waals surface area (Å²) in [6.07, 6.45) is 2.66. The summed E-state index contributed by atoms with van der Waals surface area (Å²) in [5.41, 5.74) is 0.344. The Morgan fingerprint density at radius 1 is 1.57 bits per heavy atom. The van der Waals surface area contributed by atoms with Crippen LogP contribution in [0, 0.1) is 5.92 Å². The molecule has 0 radical (unpaired) electrons. The number of nitrogens with zero attached hydrogens (tertiary/aromatic N) is 3. The summed E-state index contributed by atoms with van der Waals surface area (Å²) in [4.78, 5) is 14.4. The van der Waals surface area contributed by atoms with Crippen molar-refractivity contribution in [1.29, 1.82) is 0 Å². The zero-order chi connectivity index (χ0) is 15.4. The molecule has 2 rings (SSSR count). The van der Waals surface area contributed by atoms with Crippen LogP contribution >= 0.6 is 11.6 Å². The number of halogens is 1.